The Labute approximate surface area is 185 Å². The molecule has 0 bridgehead atoms. The summed E-state index contributed by atoms with van der Waals surface area (Å²) in [6.07, 6.45) is 2.14. The van der Waals surface area contributed by atoms with E-state index in [4.69, 9.17) is 9.15 Å². The van der Waals surface area contributed by atoms with E-state index >= 15 is 0 Å². The lowest BCUT2D eigenvalue weighted by Gasteiger charge is -2.09. The summed E-state index contributed by atoms with van der Waals surface area (Å²) in [5.74, 6) is 3.30. The molecule has 0 aliphatic heterocycles. The van der Waals surface area contributed by atoms with Gasteiger partial charge in [-0.3, -0.25) is 0 Å². The predicted octanol–water partition coefficient (Wildman–Crippen LogP) is 5.40. The van der Waals surface area contributed by atoms with Crippen molar-refractivity contribution < 1.29 is 9.15 Å². The summed E-state index contributed by atoms with van der Waals surface area (Å²) in [5, 5.41) is 18.1. The Morgan fingerprint density at radius 1 is 0.935 bits per heavy atom. The number of nitrogens with zero attached hydrogens (tertiary/aromatic N) is 5. The molecule has 0 atom stereocenters. The molecule has 0 unspecified atom stereocenters. The lowest BCUT2D eigenvalue weighted by atomic mass is 10.1. The normalized spacial score (nSPS) is 11.1. The number of ether oxygens (including phenoxy) is 1. The quantitative estimate of drug-likeness (QED) is 0.325. The molecular weight excluding hydrogens is 410 g/mol. The smallest absolute Gasteiger partial charge is 0.247 e. The highest BCUT2D eigenvalue weighted by Crippen LogP contribution is 2.28. The lowest BCUT2D eigenvalue weighted by Crippen LogP contribution is -2.02. The second kappa shape index (κ2) is 9.78. The number of thioether (sulfide) groups is 1. The highest BCUT2D eigenvalue weighted by Gasteiger charge is 2.16. The van der Waals surface area contributed by atoms with Crippen LogP contribution in [0.4, 0.5) is 0 Å². The van der Waals surface area contributed by atoms with Gasteiger partial charge in [0.2, 0.25) is 11.8 Å². The first-order valence-corrected chi connectivity index (χ1v) is 11.3. The first kappa shape index (κ1) is 21.1. The Balaban J connectivity index is 1.51. The van der Waals surface area contributed by atoms with E-state index in [1.165, 1.54) is 5.56 Å². The molecule has 0 spiro atoms. The molecule has 160 valence electrons. The van der Waals surface area contributed by atoms with Gasteiger partial charge in [0.25, 0.3) is 0 Å². The molecule has 31 heavy (non-hydrogen) atoms. The van der Waals surface area contributed by atoms with Gasteiger partial charge in [-0.05, 0) is 49.7 Å². The van der Waals surface area contributed by atoms with Crippen LogP contribution in [0.3, 0.4) is 0 Å². The van der Waals surface area contributed by atoms with Crippen LogP contribution in [0.5, 0.6) is 5.75 Å². The van der Waals surface area contributed by atoms with Gasteiger partial charge in [0, 0.05) is 17.7 Å². The Morgan fingerprint density at radius 3 is 2.39 bits per heavy atom. The van der Waals surface area contributed by atoms with E-state index < -0.39 is 0 Å². The van der Waals surface area contributed by atoms with E-state index in [9.17, 15) is 0 Å². The topological polar surface area (TPSA) is 78.9 Å². The summed E-state index contributed by atoms with van der Waals surface area (Å²) in [5.41, 5.74) is 3.12. The maximum atomic E-state index is 5.85. The zero-order valence-corrected chi connectivity index (χ0v) is 18.7. The molecule has 8 heteroatoms. The van der Waals surface area contributed by atoms with Crippen molar-refractivity contribution in [3.63, 3.8) is 0 Å². The van der Waals surface area contributed by atoms with Crippen molar-refractivity contribution in [2.45, 2.75) is 44.1 Å². The number of hydrogen-bond donors (Lipinski definition) is 0. The maximum absolute atomic E-state index is 5.85. The molecule has 2 aromatic heterocycles. The standard InChI is InChI=1S/C23H25N5O2S/c1-4-5-14-28-21(17-10-12-19(29-3)13-11-17)25-27-23(28)31-15-20-24-26-22(30-20)18-8-6-16(2)7-9-18/h6-13H,4-5,14-15H2,1-3H3. The fourth-order valence-corrected chi connectivity index (χ4v) is 3.92. The van der Waals surface area contributed by atoms with E-state index in [0.29, 0.717) is 17.5 Å². The van der Waals surface area contributed by atoms with Crippen LogP contribution >= 0.6 is 11.8 Å². The Bertz CT molecular complexity index is 1120. The summed E-state index contributed by atoms with van der Waals surface area (Å²) in [6, 6.07) is 15.9. The van der Waals surface area contributed by atoms with Gasteiger partial charge in [0.05, 0.1) is 12.9 Å². The molecule has 0 N–H and O–H groups in total. The molecular formula is C23H25N5O2S. The molecule has 2 heterocycles. The van der Waals surface area contributed by atoms with Gasteiger partial charge in [-0.1, -0.05) is 42.8 Å². The summed E-state index contributed by atoms with van der Waals surface area (Å²) >= 11 is 1.55. The molecule has 0 amide bonds. The fraction of sp³-hybridized carbons (Fsp3) is 0.304. The highest BCUT2D eigenvalue weighted by atomic mass is 32.2. The van der Waals surface area contributed by atoms with Gasteiger partial charge in [-0.2, -0.15) is 0 Å². The van der Waals surface area contributed by atoms with Crippen molar-refractivity contribution in [3.05, 3.63) is 60.0 Å². The minimum absolute atomic E-state index is 0.530. The number of rotatable bonds is 9. The third-order valence-corrected chi connectivity index (χ3v) is 5.84. The molecule has 0 saturated carbocycles. The first-order valence-electron chi connectivity index (χ1n) is 10.3. The van der Waals surface area contributed by atoms with Crippen molar-refractivity contribution in [1.29, 1.82) is 0 Å². The maximum Gasteiger partial charge on any atom is 0.247 e. The number of hydrogen-bond acceptors (Lipinski definition) is 7. The lowest BCUT2D eigenvalue weighted by molar-refractivity contribution is 0.415. The SMILES string of the molecule is CCCCn1c(SCc2nnc(-c3ccc(C)cc3)o2)nnc1-c1ccc(OC)cc1. The van der Waals surface area contributed by atoms with Gasteiger partial charge < -0.3 is 13.7 Å². The average Bonchev–Trinajstić information content (AvgIpc) is 3.44. The average molecular weight is 436 g/mol. The molecule has 2 aromatic carbocycles. The van der Waals surface area contributed by atoms with Crippen LogP contribution in [-0.4, -0.2) is 32.1 Å². The monoisotopic (exact) mass is 435 g/mol. The molecule has 0 aliphatic rings. The predicted molar refractivity (Wildman–Crippen MR) is 121 cm³/mol. The number of unbranched alkanes of at least 4 members (excludes halogenated alkanes) is 1. The second-order valence-electron chi connectivity index (χ2n) is 7.20. The number of benzene rings is 2. The van der Waals surface area contributed by atoms with E-state index in [2.05, 4.69) is 38.8 Å². The Morgan fingerprint density at radius 2 is 1.68 bits per heavy atom. The summed E-state index contributed by atoms with van der Waals surface area (Å²) in [7, 11) is 1.66. The van der Waals surface area contributed by atoms with Gasteiger partial charge in [-0.15, -0.1) is 20.4 Å². The highest BCUT2D eigenvalue weighted by molar-refractivity contribution is 7.98. The zero-order chi connectivity index (χ0) is 21.6. The zero-order valence-electron chi connectivity index (χ0n) is 17.9. The minimum Gasteiger partial charge on any atom is -0.497 e. The van der Waals surface area contributed by atoms with Gasteiger partial charge in [0.1, 0.15) is 5.75 Å². The van der Waals surface area contributed by atoms with Crippen LogP contribution in [0, 0.1) is 6.92 Å². The fourth-order valence-electron chi connectivity index (χ4n) is 3.12. The van der Waals surface area contributed by atoms with Crippen LogP contribution in [0.15, 0.2) is 58.1 Å². The Hall–Kier alpha value is -3.13. The van der Waals surface area contributed by atoms with E-state index in [1.807, 2.05) is 48.5 Å². The third kappa shape index (κ3) is 4.96. The molecule has 0 saturated heterocycles. The molecule has 4 rings (SSSR count). The molecule has 0 aliphatic carbocycles. The van der Waals surface area contributed by atoms with Crippen LogP contribution in [-0.2, 0) is 12.3 Å². The van der Waals surface area contributed by atoms with Gasteiger partial charge in [0.15, 0.2) is 11.0 Å². The minimum atomic E-state index is 0.530. The van der Waals surface area contributed by atoms with Crippen LogP contribution in [0.1, 0.15) is 31.2 Å². The molecule has 4 aromatic rings. The molecule has 0 fully saturated rings. The molecule has 0 radical (unpaired) electrons. The Kier molecular flexibility index (Phi) is 6.66. The van der Waals surface area contributed by atoms with Crippen LogP contribution in [0.25, 0.3) is 22.8 Å². The first-order chi connectivity index (χ1) is 15.2. The van der Waals surface area contributed by atoms with E-state index in [-0.39, 0.29) is 0 Å². The largest absolute Gasteiger partial charge is 0.497 e. The van der Waals surface area contributed by atoms with Crippen LogP contribution in [0.2, 0.25) is 0 Å². The van der Waals surface area contributed by atoms with Crippen molar-refractivity contribution in [2.24, 2.45) is 0 Å². The van der Waals surface area contributed by atoms with E-state index in [0.717, 1.165) is 47.2 Å². The van der Waals surface area contributed by atoms with Crippen molar-refractivity contribution in [3.8, 4) is 28.6 Å². The number of aryl methyl sites for hydroxylation is 1. The van der Waals surface area contributed by atoms with Crippen molar-refractivity contribution in [1.82, 2.24) is 25.0 Å². The van der Waals surface area contributed by atoms with Gasteiger partial charge >= 0.3 is 0 Å². The summed E-state index contributed by atoms with van der Waals surface area (Å²) < 4.78 is 13.3. The number of aromatic nitrogens is 5. The van der Waals surface area contributed by atoms with Crippen LogP contribution < -0.4 is 4.74 Å². The molecule has 7 nitrogen and oxygen atoms in total. The second-order valence-corrected chi connectivity index (χ2v) is 8.14. The summed E-state index contributed by atoms with van der Waals surface area (Å²) in [4.78, 5) is 0. The third-order valence-electron chi connectivity index (χ3n) is 4.89. The van der Waals surface area contributed by atoms with E-state index in [1.54, 1.807) is 18.9 Å². The number of methoxy groups -OCH3 is 1. The van der Waals surface area contributed by atoms with Gasteiger partial charge in [-0.25, -0.2) is 0 Å². The summed E-state index contributed by atoms with van der Waals surface area (Å²) in [6.45, 7) is 5.08. The van der Waals surface area contributed by atoms with Crippen molar-refractivity contribution in [2.75, 3.05) is 7.11 Å². The van der Waals surface area contributed by atoms with Crippen molar-refractivity contribution >= 4 is 11.8 Å².